The first-order valence-electron chi connectivity index (χ1n) is 7.43. The van der Waals surface area contributed by atoms with Gasteiger partial charge in [0, 0.05) is 5.02 Å². The average molecular weight is 370 g/mol. The Balaban J connectivity index is 1.43. The number of hydrogen-bond acceptors (Lipinski definition) is 7. The van der Waals surface area contributed by atoms with Crippen LogP contribution in [0.5, 0.6) is 0 Å². The molecule has 25 heavy (non-hydrogen) atoms. The molecule has 0 unspecified atom stereocenters. The van der Waals surface area contributed by atoms with E-state index in [0.717, 1.165) is 21.6 Å². The summed E-state index contributed by atoms with van der Waals surface area (Å²) in [7, 11) is 0. The van der Waals surface area contributed by atoms with Crippen molar-refractivity contribution >= 4 is 45.3 Å². The number of hydrogen-bond donors (Lipinski definition) is 1. The minimum absolute atomic E-state index is 0.512. The van der Waals surface area contributed by atoms with Gasteiger partial charge in [-0.2, -0.15) is 5.10 Å². The second-order valence-electron chi connectivity index (χ2n) is 5.16. The molecule has 0 aliphatic carbocycles. The summed E-state index contributed by atoms with van der Waals surface area (Å²) >= 11 is 7.35. The second-order valence-corrected chi connectivity index (χ2v) is 6.66. The van der Waals surface area contributed by atoms with Crippen LogP contribution in [0.2, 0.25) is 5.02 Å². The highest BCUT2D eigenvalue weighted by atomic mass is 35.5. The van der Waals surface area contributed by atoms with Crippen LogP contribution in [0.1, 0.15) is 10.6 Å². The third-order valence-corrected chi connectivity index (χ3v) is 4.44. The van der Waals surface area contributed by atoms with Crippen molar-refractivity contribution in [1.29, 1.82) is 0 Å². The number of fused-ring (bicyclic) bond motifs is 1. The van der Waals surface area contributed by atoms with E-state index in [4.69, 9.17) is 11.6 Å². The molecular formula is C16H12ClN7S. The molecule has 0 fully saturated rings. The first kappa shape index (κ1) is 15.7. The molecule has 4 rings (SSSR count). The first-order valence-corrected chi connectivity index (χ1v) is 8.63. The molecule has 2 aromatic carbocycles. The number of nitrogens with one attached hydrogen (secondary N) is 1. The van der Waals surface area contributed by atoms with E-state index in [9.17, 15) is 0 Å². The van der Waals surface area contributed by atoms with Crippen LogP contribution in [0.25, 0.3) is 11.0 Å². The van der Waals surface area contributed by atoms with Crippen molar-refractivity contribution in [3.8, 4) is 0 Å². The third kappa shape index (κ3) is 3.65. The number of benzene rings is 2. The molecule has 1 N–H and O–H groups in total. The highest BCUT2D eigenvalue weighted by molar-refractivity contribution is 7.15. The van der Waals surface area contributed by atoms with Gasteiger partial charge in [-0.1, -0.05) is 52.4 Å². The van der Waals surface area contributed by atoms with Crippen LogP contribution in [0.4, 0.5) is 5.13 Å². The maximum absolute atomic E-state index is 5.94. The SMILES string of the molecule is Clc1cccc(/C=N/Nc2nnc(Cn3nnc4ccccc43)s2)c1. The molecule has 0 radical (unpaired) electrons. The fraction of sp³-hybridized carbons (Fsp3) is 0.0625. The summed E-state index contributed by atoms with van der Waals surface area (Å²) < 4.78 is 1.80. The highest BCUT2D eigenvalue weighted by Gasteiger charge is 2.08. The Hall–Kier alpha value is -2.84. The van der Waals surface area contributed by atoms with Gasteiger partial charge in [-0.25, -0.2) is 4.68 Å². The monoisotopic (exact) mass is 369 g/mol. The molecule has 0 saturated carbocycles. The third-order valence-electron chi connectivity index (χ3n) is 3.39. The number of anilines is 1. The molecule has 2 aromatic heterocycles. The topological polar surface area (TPSA) is 80.9 Å². The summed E-state index contributed by atoms with van der Waals surface area (Å²) in [5, 5.41) is 22.8. The van der Waals surface area contributed by atoms with Gasteiger partial charge in [0.2, 0.25) is 5.13 Å². The van der Waals surface area contributed by atoms with Crippen LogP contribution in [0.3, 0.4) is 0 Å². The summed E-state index contributed by atoms with van der Waals surface area (Å²) in [5.41, 5.74) is 5.60. The van der Waals surface area contributed by atoms with Crippen LogP contribution < -0.4 is 5.43 Å². The van der Waals surface area contributed by atoms with Crippen LogP contribution in [-0.4, -0.2) is 31.4 Å². The molecule has 4 aromatic rings. The van der Waals surface area contributed by atoms with E-state index in [2.05, 4.69) is 31.0 Å². The lowest BCUT2D eigenvalue weighted by Gasteiger charge is -1.97. The number of halogens is 1. The van der Waals surface area contributed by atoms with Gasteiger partial charge in [0.05, 0.1) is 18.3 Å². The molecule has 0 atom stereocenters. The minimum Gasteiger partial charge on any atom is -0.251 e. The molecule has 0 amide bonds. The van der Waals surface area contributed by atoms with Crippen molar-refractivity contribution in [2.24, 2.45) is 5.10 Å². The van der Waals surface area contributed by atoms with E-state index in [1.54, 1.807) is 10.9 Å². The second kappa shape index (κ2) is 6.96. The predicted molar refractivity (Wildman–Crippen MR) is 99.2 cm³/mol. The molecule has 0 bridgehead atoms. The van der Waals surface area contributed by atoms with Crippen LogP contribution >= 0.6 is 22.9 Å². The number of nitrogens with zero attached hydrogens (tertiary/aromatic N) is 6. The zero-order valence-corrected chi connectivity index (χ0v) is 14.4. The summed E-state index contributed by atoms with van der Waals surface area (Å²) in [6, 6.07) is 15.2. The molecule has 0 spiro atoms. The van der Waals surface area contributed by atoms with Gasteiger partial charge in [-0.05, 0) is 29.8 Å². The Labute approximate surface area is 152 Å². The van der Waals surface area contributed by atoms with Gasteiger partial charge < -0.3 is 0 Å². The molecular weight excluding hydrogens is 358 g/mol. The van der Waals surface area contributed by atoms with Gasteiger partial charge in [0.1, 0.15) is 10.5 Å². The molecule has 0 aliphatic heterocycles. The molecule has 0 aliphatic rings. The smallest absolute Gasteiger partial charge is 0.226 e. The zero-order chi connectivity index (χ0) is 17.1. The van der Waals surface area contributed by atoms with Crippen LogP contribution in [0, 0.1) is 0 Å². The summed E-state index contributed by atoms with van der Waals surface area (Å²) in [4.78, 5) is 0. The normalized spacial score (nSPS) is 11.4. The molecule has 9 heteroatoms. The first-order chi connectivity index (χ1) is 12.3. The largest absolute Gasteiger partial charge is 0.251 e. The fourth-order valence-electron chi connectivity index (χ4n) is 2.27. The van der Waals surface area contributed by atoms with Crippen molar-refractivity contribution in [3.63, 3.8) is 0 Å². The number of rotatable bonds is 5. The predicted octanol–water partition coefficient (Wildman–Crippen LogP) is 3.43. The van der Waals surface area contributed by atoms with Crippen molar-refractivity contribution in [2.45, 2.75) is 6.54 Å². The number of aromatic nitrogens is 5. The van der Waals surface area contributed by atoms with E-state index in [1.807, 2.05) is 48.5 Å². The fourth-order valence-corrected chi connectivity index (χ4v) is 3.14. The maximum Gasteiger partial charge on any atom is 0.226 e. The Morgan fingerprint density at radius 2 is 2.04 bits per heavy atom. The minimum atomic E-state index is 0.512. The van der Waals surface area contributed by atoms with Gasteiger partial charge in [-0.3, -0.25) is 5.43 Å². The lowest BCUT2D eigenvalue weighted by molar-refractivity contribution is 0.662. The van der Waals surface area contributed by atoms with E-state index in [-0.39, 0.29) is 0 Å². The lowest BCUT2D eigenvalue weighted by atomic mass is 10.2. The zero-order valence-electron chi connectivity index (χ0n) is 12.9. The Morgan fingerprint density at radius 3 is 2.96 bits per heavy atom. The van der Waals surface area contributed by atoms with Crippen molar-refractivity contribution in [1.82, 2.24) is 25.2 Å². The van der Waals surface area contributed by atoms with E-state index >= 15 is 0 Å². The van der Waals surface area contributed by atoms with Gasteiger partial charge in [-0.15, -0.1) is 15.3 Å². The van der Waals surface area contributed by atoms with Crippen LogP contribution in [-0.2, 0) is 6.54 Å². The van der Waals surface area contributed by atoms with Crippen molar-refractivity contribution in [2.75, 3.05) is 5.43 Å². The molecule has 0 saturated heterocycles. The van der Waals surface area contributed by atoms with E-state index in [1.165, 1.54) is 11.3 Å². The standard InChI is InChI=1S/C16H12ClN7S/c17-12-5-3-4-11(8-12)9-18-21-16-22-20-15(25-16)10-24-14-7-2-1-6-13(14)19-23-24/h1-9H,10H2,(H,21,22)/b18-9+. The van der Waals surface area contributed by atoms with Gasteiger partial charge in [0.25, 0.3) is 0 Å². The highest BCUT2D eigenvalue weighted by Crippen LogP contribution is 2.18. The Bertz CT molecular complexity index is 1040. The van der Waals surface area contributed by atoms with E-state index in [0.29, 0.717) is 16.7 Å². The maximum atomic E-state index is 5.94. The van der Waals surface area contributed by atoms with Gasteiger partial charge in [0.15, 0.2) is 0 Å². The molecule has 2 heterocycles. The summed E-state index contributed by atoms with van der Waals surface area (Å²) in [6.45, 7) is 0.512. The van der Waals surface area contributed by atoms with Crippen LogP contribution in [0.15, 0.2) is 53.6 Å². The van der Waals surface area contributed by atoms with Crippen molar-refractivity contribution < 1.29 is 0 Å². The van der Waals surface area contributed by atoms with E-state index < -0.39 is 0 Å². The van der Waals surface area contributed by atoms with Gasteiger partial charge >= 0.3 is 0 Å². The number of hydrazone groups is 1. The summed E-state index contributed by atoms with van der Waals surface area (Å²) in [5.74, 6) is 0. The quantitative estimate of drug-likeness (QED) is 0.430. The van der Waals surface area contributed by atoms with Crippen molar-refractivity contribution in [3.05, 3.63) is 64.1 Å². The summed E-state index contributed by atoms with van der Waals surface area (Å²) in [6.07, 6.45) is 1.68. The molecule has 124 valence electrons. The number of para-hydroxylation sites is 1. The average Bonchev–Trinajstić information content (AvgIpc) is 3.23. The lowest BCUT2D eigenvalue weighted by Crippen LogP contribution is -2.01. The molecule has 7 nitrogen and oxygen atoms in total. The Morgan fingerprint density at radius 1 is 1.12 bits per heavy atom. The Kier molecular flexibility index (Phi) is 4.36.